The molecule has 0 spiro atoms. The number of hydrogen-bond acceptors (Lipinski definition) is 5. The van der Waals surface area contributed by atoms with Gasteiger partial charge in [-0.05, 0) is 41.6 Å². The fraction of sp³-hybridized carbons (Fsp3) is 0.208. The molecule has 5 rings (SSSR count). The molecule has 1 atom stereocenters. The predicted octanol–water partition coefficient (Wildman–Crippen LogP) is 3.23. The van der Waals surface area contributed by atoms with E-state index < -0.39 is 11.9 Å². The maximum atomic E-state index is 13.5. The van der Waals surface area contributed by atoms with Crippen LogP contribution in [0.5, 0.6) is 5.75 Å². The number of nitrogens with zero attached hydrogens (tertiary/aromatic N) is 1. The quantitative estimate of drug-likeness (QED) is 0.625. The van der Waals surface area contributed by atoms with Gasteiger partial charge in [-0.1, -0.05) is 30.3 Å². The van der Waals surface area contributed by atoms with Crippen LogP contribution < -0.4 is 20.3 Å². The van der Waals surface area contributed by atoms with Crippen molar-refractivity contribution in [3.8, 4) is 5.75 Å². The second kappa shape index (κ2) is 7.43. The van der Waals surface area contributed by atoms with Gasteiger partial charge in [0.15, 0.2) is 0 Å². The molecule has 7 heteroatoms. The third-order valence-electron chi connectivity index (χ3n) is 5.88. The summed E-state index contributed by atoms with van der Waals surface area (Å²) in [7, 11) is 1.63. The van der Waals surface area contributed by atoms with Crippen molar-refractivity contribution in [2.24, 2.45) is 0 Å². The van der Waals surface area contributed by atoms with Crippen molar-refractivity contribution in [1.82, 2.24) is 5.32 Å². The zero-order valence-corrected chi connectivity index (χ0v) is 17.0. The van der Waals surface area contributed by atoms with Gasteiger partial charge in [0.25, 0.3) is 5.91 Å². The highest BCUT2D eigenvalue weighted by Gasteiger charge is 2.41. The van der Waals surface area contributed by atoms with Crippen LogP contribution in [0, 0.1) is 0 Å². The lowest BCUT2D eigenvalue weighted by Crippen LogP contribution is -2.53. The molecule has 156 valence electrons. The first-order valence-electron chi connectivity index (χ1n) is 10.2. The Bertz CT molecular complexity index is 1220. The Morgan fingerprint density at radius 2 is 1.87 bits per heavy atom. The molecule has 0 aromatic heterocycles. The van der Waals surface area contributed by atoms with Gasteiger partial charge in [0.05, 0.1) is 18.4 Å². The van der Waals surface area contributed by atoms with E-state index in [4.69, 9.17) is 4.74 Å². The standard InChI is InChI=1S/C24H21N3O4/c1-31-16-8-5-14(6-9-16)13-25-17-10-7-15-3-2-4-18-21(15)22(17)24(30)27(18)19-11-12-20(28)26-23(19)29/h2-10,19,25H,11-13H2,1H3,(H,26,28,29). The Morgan fingerprint density at radius 1 is 1.06 bits per heavy atom. The molecule has 3 aromatic carbocycles. The summed E-state index contributed by atoms with van der Waals surface area (Å²) in [6, 6.07) is 16.6. The summed E-state index contributed by atoms with van der Waals surface area (Å²) in [5, 5.41) is 7.50. The van der Waals surface area contributed by atoms with Gasteiger partial charge in [0.1, 0.15) is 11.8 Å². The third-order valence-corrected chi connectivity index (χ3v) is 5.88. The van der Waals surface area contributed by atoms with E-state index in [2.05, 4.69) is 10.6 Å². The van der Waals surface area contributed by atoms with E-state index in [0.717, 1.165) is 27.8 Å². The zero-order valence-electron chi connectivity index (χ0n) is 17.0. The van der Waals surface area contributed by atoms with Gasteiger partial charge < -0.3 is 10.1 Å². The van der Waals surface area contributed by atoms with Crippen LogP contribution in [0.1, 0.15) is 28.8 Å². The number of benzene rings is 3. The highest BCUT2D eigenvalue weighted by atomic mass is 16.5. The van der Waals surface area contributed by atoms with Crippen LogP contribution in [0.3, 0.4) is 0 Å². The smallest absolute Gasteiger partial charge is 0.261 e. The summed E-state index contributed by atoms with van der Waals surface area (Å²) >= 11 is 0. The molecule has 2 N–H and O–H groups in total. The Morgan fingerprint density at radius 3 is 2.61 bits per heavy atom. The number of methoxy groups -OCH3 is 1. The van der Waals surface area contributed by atoms with Crippen molar-refractivity contribution in [3.05, 3.63) is 65.7 Å². The first-order valence-corrected chi connectivity index (χ1v) is 10.2. The monoisotopic (exact) mass is 415 g/mol. The maximum Gasteiger partial charge on any atom is 0.261 e. The van der Waals surface area contributed by atoms with Crippen molar-refractivity contribution in [2.45, 2.75) is 25.4 Å². The second-order valence-electron chi connectivity index (χ2n) is 7.71. The highest BCUT2D eigenvalue weighted by molar-refractivity contribution is 6.29. The fourth-order valence-electron chi connectivity index (χ4n) is 4.34. The Kier molecular flexibility index (Phi) is 4.58. The van der Waals surface area contributed by atoms with E-state index in [-0.39, 0.29) is 18.2 Å². The third kappa shape index (κ3) is 3.18. The lowest BCUT2D eigenvalue weighted by molar-refractivity contribution is -0.134. The molecule has 2 aliphatic rings. The molecule has 0 bridgehead atoms. The fourth-order valence-corrected chi connectivity index (χ4v) is 4.34. The minimum absolute atomic E-state index is 0.217. The number of carbonyl (C=O) groups excluding carboxylic acids is 3. The average Bonchev–Trinajstić information content (AvgIpc) is 3.08. The molecular weight excluding hydrogens is 394 g/mol. The number of ether oxygens (including phenoxy) is 1. The molecular formula is C24H21N3O4. The van der Waals surface area contributed by atoms with E-state index in [1.165, 1.54) is 4.90 Å². The van der Waals surface area contributed by atoms with E-state index in [1.807, 2.05) is 54.6 Å². The van der Waals surface area contributed by atoms with E-state index >= 15 is 0 Å². The summed E-state index contributed by atoms with van der Waals surface area (Å²) in [5.41, 5.74) is 3.04. The van der Waals surface area contributed by atoms with Crippen LogP contribution in [-0.2, 0) is 16.1 Å². The number of rotatable bonds is 5. The number of carbonyl (C=O) groups is 3. The second-order valence-corrected chi connectivity index (χ2v) is 7.71. The van der Waals surface area contributed by atoms with Crippen molar-refractivity contribution >= 4 is 39.9 Å². The van der Waals surface area contributed by atoms with Crippen LogP contribution >= 0.6 is 0 Å². The van der Waals surface area contributed by atoms with Crippen molar-refractivity contribution in [2.75, 3.05) is 17.3 Å². The van der Waals surface area contributed by atoms with Gasteiger partial charge >= 0.3 is 0 Å². The topological polar surface area (TPSA) is 87.7 Å². The van der Waals surface area contributed by atoms with Crippen molar-refractivity contribution in [1.29, 1.82) is 0 Å². The minimum Gasteiger partial charge on any atom is -0.497 e. The van der Waals surface area contributed by atoms with Gasteiger partial charge in [-0.25, -0.2) is 0 Å². The van der Waals surface area contributed by atoms with Gasteiger partial charge in [-0.15, -0.1) is 0 Å². The van der Waals surface area contributed by atoms with Gasteiger partial charge in [0.2, 0.25) is 11.8 Å². The largest absolute Gasteiger partial charge is 0.497 e. The summed E-state index contributed by atoms with van der Waals surface area (Å²) in [5.74, 6) is -0.168. The molecule has 0 radical (unpaired) electrons. The Balaban J connectivity index is 1.49. The number of hydrogen-bond donors (Lipinski definition) is 2. The molecule has 7 nitrogen and oxygen atoms in total. The SMILES string of the molecule is COc1ccc(CNc2ccc3cccc4c3c2C(=O)N4C2CCC(=O)NC2=O)cc1. The van der Waals surface area contributed by atoms with Crippen LogP contribution in [0.4, 0.5) is 11.4 Å². The highest BCUT2D eigenvalue weighted by Crippen LogP contribution is 2.42. The molecule has 3 aromatic rings. The Labute approximate surface area is 179 Å². The summed E-state index contributed by atoms with van der Waals surface area (Å²) in [6.07, 6.45) is 0.532. The normalized spacial score (nSPS) is 17.8. The first-order chi connectivity index (χ1) is 15.1. The minimum atomic E-state index is -0.697. The van der Waals surface area contributed by atoms with Crippen molar-refractivity contribution in [3.63, 3.8) is 0 Å². The van der Waals surface area contributed by atoms with Crippen LogP contribution in [0.25, 0.3) is 10.8 Å². The molecule has 0 aliphatic carbocycles. The van der Waals surface area contributed by atoms with Crippen molar-refractivity contribution < 1.29 is 19.1 Å². The molecule has 2 heterocycles. The van der Waals surface area contributed by atoms with Gasteiger partial charge in [0, 0.05) is 24.0 Å². The number of amides is 3. The maximum absolute atomic E-state index is 13.5. The number of nitrogens with one attached hydrogen (secondary N) is 2. The molecule has 0 saturated carbocycles. The zero-order chi connectivity index (χ0) is 21.5. The van der Waals surface area contributed by atoms with E-state index in [1.54, 1.807) is 7.11 Å². The molecule has 31 heavy (non-hydrogen) atoms. The van der Waals surface area contributed by atoms with Gasteiger partial charge in [-0.3, -0.25) is 24.6 Å². The Hall–Kier alpha value is -3.87. The summed E-state index contributed by atoms with van der Waals surface area (Å²) in [4.78, 5) is 39.2. The van der Waals surface area contributed by atoms with E-state index in [0.29, 0.717) is 24.2 Å². The molecule has 2 aliphatic heterocycles. The lowest BCUT2D eigenvalue weighted by Gasteiger charge is -2.30. The van der Waals surface area contributed by atoms with Gasteiger partial charge in [-0.2, -0.15) is 0 Å². The molecule has 1 fully saturated rings. The first kappa shape index (κ1) is 19.1. The summed E-state index contributed by atoms with van der Waals surface area (Å²) < 4.78 is 5.20. The van der Waals surface area contributed by atoms with Crippen LogP contribution in [-0.4, -0.2) is 30.9 Å². The summed E-state index contributed by atoms with van der Waals surface area (Å²) in [6.45, 7) is 0.538. The van der Waals surface area contributed by atoms with Crippen LogP contribution in [0.15, 0.2) is 54.6 Å². The molecule has 1 saturated heterocycles. The number of imide groups is 1. The lowest BCUT2D eigenvalue weighted by atomic mass is 10.0. The molecule has 1 unspecified atom stereocenters. The number of anilines is 2. The van der Waals surface area contributed by atoms with Crippen LogP contribution in [0.2, 0.25) is 0 Å². The number of piperidine rings is 1. The molecule has 3 amide bonds. The van der Waals surface area contributed by atoms with E-state index in [9.17, 15) is 14.4 Å². The average molecular weight is 415 g/mol. The predicted molar refractivity (Wildman–Crippen MR) is 117 cm³/mol.